The van der Waals surface area contributed by atoms with Crippen LogP contribution < -0.4 is 11.2 Å². The zero-order chi connectivity index (χ0) is 15.3. The summed E-state index contributed by atoms with van der Waals surface area (Å²) >= 11 is 0. The van der Waals surface area contributed by atoms with E-state index >= 15 is 0 Å². The minimum absolute atomic E-state index is 0.127. The second-order valence-corrected chi connectivity index (χ2v) is 6.55. The van der Waals surface area contributed by atoms with Gasteiger partial charge in [-0.15, -0.1) is 0 Å². The molecule has 0 radical (unpaired) electrons. The molecule has 2 N–H and O–H groups in total. The Morgan fingerprint density at radius 1 is 1.20 bits per heavy atom. The molecule has 1 aromatic carbocycles. The van der Waals surface area contributed by atoms with E-state index in [2.05, 4.69) is 13.8 Å². The summed E-state index contributed by atoms with van der Waals surface area (Å²) in [6.07, 6.45) is -3.72. The van der Waals surface area contributed by atoms with Crippen molar-refractivity contribution >= 4 is 18.1 Å². The summed E-state index contributed by atoms with van der Waals surface area (Å²) in [5, 5.41) is 0. The van der Waals surface area contributed by atoms with E-state index in [9.17, 15) is 13.2 Å². The Morgan fingerprint density at radius 3 is 2.25 bits per heavy atom. The van der Waals surface area contributed by atoms with Crippen LogP contribution in [-0.2, 0) is 10.8 Å². The molecule has 1 saturated heterocycles. The summed E-state index contributed by atoms with van der Waals surface area (Å²) in [6.45, 7) is 7.61. The first kappa shape index (κ1) is 15.2. The summed E-state index contributed by atoms with van der Waals surface area (Å²) in [4.78, 5) is 0. The van der Waals surface area contributed by atoms with Crippen LogP contribution in [0.15, 0.2) is 18.2 Å². The van der Waals surface area contributed by atoms with Gasteiger partial charge >= 0.3 is 13.1 Å². The summed E-state index contributed by atoms with van der Waals surface area (Å²) in [7, 11) is 0. The average Bonchev–Trinajstić information content (AvgIpc) is 2.46. The fraction of sp³-hybridized carbons (Fsp3) is 0.571. The Bertz CT molecular complexity index is 510. The monoisotopic (exact) mass is 285 g/mol. The number of rotatable bonds is 1. The maximum Gasteiger partial charge on any atom is 0.416 e. The van der Waals surface area contributed by atoms with Crippen LogP contribution in [0.5, 0.6) is 0 Å². The molecule has 0 amide bonds. The largest absolute Gasteiger partial charge is 0.425 e. The van der Waals surface area contributed by atoms with Crippen LogP contribution in [0.25, 0.3) is 0 Å². The Labute approximate surface area is 117 Å². The van der Waals surface area contributed by atoms with Crippen molar-refractivity contribution in [1.82, 2.24) is 0 Å². The molecule has 6 heteroatoms. The van der Waals surface area contributed by atoms with Gasteiger partial charge in [-0.25, -0.2) is 0 Å². The molecule has 1 heterocycles. The zero-order valence-corrected chi connectivity index (χ0v) is 12.1. The van der Waals surface area contributed by atoms with E-state index in [1.165, 1.54) is 6.07 Å². The minimum atomic E-state index is -4.37. The number of anilines is 1. The van der Waals surface area contributed by atoms with Crippen LogP contribution in [0.2, 0.25) is 6.32 Å². The van der Waals surface area contributed by atoms with Crippen LogP contribution in [0.3, 0.4) is 0 Å². The molecule has 0 aromatic heterocycles. The first-order valence-corrected chi connectivity index (χ1v) is 6.58. The molecule has 1 aliphatic heterocycles. The summed E-state index contributed by atoms with van der Waals surface area (Å²) in [5.74, 6) is 0. The summed E-state index contributed by atoms with van der Waals surface area (Å²) in [6, 6.07) is 3.42. The number of benzene rings is 1. The third-order valence-corrected chi connectivity index (χ3v) is 4.52. The van der Waals surface area contributed by atoms with Crippen molar-refractivity contribution in [2.45, 2.75) is 45.8 Å². The van der Waals surface area contributed by atoms with Crippen molar-refractivity contribution in [2.75, 3.05) is 5.73 Å². The number of hydrogen-bond acceptors (Lipinski definition) is 2. The van der Waals surface area contributed by atoms with Gasteiger partial charge in [-0.05, 0) is 43.2 Å². The predicted octanol–water partition coefficient (Wildman–Crippen LogP) is 3.32. The number of halogens is 3. The third-order valence-electron chi connectivity index (χ3n) is 4.52. The van der Waals surface area contributed by atoms with Crippen LogP contribution in [0.1, 0.15) is 33.3 Å². The minimum Gasteiger partial charge on any atom is -0.425 e. The highest BCUT2D eigenvalue weighted by Crippen LogP contribution is 2.45. The van der Waals surface area contributed by atoms with Crippen LogP contribution in [-0.4, -0.2) is 12.5 Å². The Morgan fingerprint density at radius 2 is 1.80 bits per heavy atom. The molecule has 0 atom stereocenters. The fourth-order valence-corrected chi connectivity index (χ4v) is 2.47. The lowest BCUT2D eigenvalue weighted by molar-refractivity contribution is -0.137. The van der Waals surface area contributed by atoms with E-state index in [0.29, 0.717) is 17.5 Å². The zero-order valence-electron chi connectivity index (χ0n) is 12.1. The van der Waals surface area contributed by atoms with Gasteiger partial charge < -0.3 is 10.4 Å². The van der Waals surface area contributed by atoms with Gasteiger partial charge in [0.05, 0.1) is 11.2 Å². The molecule has 1 aliphatic rings. The Balaban J connectivity index is 2.40. The molecule has 1 fully saturated rings. The van der Waals surface area contributed by atoms with E-state index in [0.717, 1.165) is 12.1 Å². The van der Waals surface area contributed by atoms with Gasteiger partial charge in [0, 0.05) is 5.69 Å². The van der Waals surface area contributed by atoms with Crippen molar-refractivity contribution < 1.29 is 17.8 Å². The smallest absolute Gasteiger partial charge is 0.416 e. The van der Waals surface area contributed by atoms with Crippen LogP contribution in [0.4, 0.5) is 18.9 Å². The van der Waals surface area contributed by atoms with E-state index in [4.69, 9.17) is 10.4 Å². The highest BCUT2D eigenvalue weighted by molar-refractivity contribution is 6.69. The first-order valence-electron chi connectivity index (χ1n) is 6.58. The second kappa shape index (κ2) is 4.42. The van der Waals surface area contributed by atoms with Gasteiger partial charge in [0.2, 0.25) is 0 Å². The highest BCUT2D eigenvalue weighted by atomic mass is 19.4. The predicted molar refractivity (Wildman–Crippen MR) is 75.0 cm³/mol. The molecular formula is C14H19BF3NO. The summed E-state index contributed by atoms with van der Waals surface area (Å²) < 4.78 is 44.4. The lowest BCUT2D eigenvalue weighted by atomic mass is 9.53. The molecule has 110 valence electrons. The Hall–Kier alpha value is -1.17. The van der Waals surface area contributed by atoms with E-state index in [-0.39, 0.29) is 5.41 Å². The maximum absolute atomic E-state index is 12.8. The van der Waals surface area contributed by atoms with E-state index in [1.54, 1.807) is 0 Å². The van der Waals surface area contributed by atoms with E-state index in [1.807, 2.05) is 13.8 Å². The second-order valence-electron chi connectivity index (χ2n) is 6.55. The molecule has 1 aromatic rings. The lowest BCUT2D eigenvalue weighted by Gasteiger charge is -2.34. The number of nitrogen functional groups attached to an aromatic ring is 1. The molecular weight excluding hydrogens is 266 g/mol. The van der Waals surface area contributed by atoms with Gasteiger partial charge in [-0.1, -0.05) is 19.9 Å². The average molecular weight is 285 g/mol. The number of nitrogens with two attached hydrogens (primary N) is 1. The van der Waals surface area contributed by atoms with Crippen molar-refractivity contribution in [2.24, 2.45) is 5.41 Å². The SMILES string of the molecule is CC1(C)CB(c2cc(C(F)(F)F)ccc2N)OC1(C)C. The molecule has 20 heavy (non-hydrogen) atoms. The van der Waals surface area contributed by atoms with Gasteiger partial charge in [-0.2, -0.15) is 13.2 Å². The molecule has 0 aliphatic carbocycles. The number of hydrogen-bond donors (Lipinski definition) is 1. The fourth-order valence-electron chi connectivity index (χ4n) is 2.47. The maximum atomic E-state index is 12.8. The molecule has 2 nitrogen and oxygen atoms in total. The molecule has 0 bridgehead atoms. The van der Waals surface area contributed by atoms with E-state index < -0.39 is 24.3 Å². The Kier molecular flexibility index (Phi) is 3.36. The van der Waals surface area contributed by atoms with Gasteiger partial charge in [0.25, 0.3) is 0 Å². The molecule has 0 spiro atoms. The third kappa shape index (κ3) is 2.53. The van der Waals surface area contributed by atoms with Crippen molar-refractivity contribution in [1.29, 1.82) is 0 Å². The van der Waals surface area contributed by atoms with Gasteiger partial charge in [-0.3, -0.25) is 0 Å². The van der Waals surface area contributed by atoms with Crippen LogP contribution >= 0.6 is 0 Å². The highest BCUT2D eigenvalue weighted by Gasteiger charge is 2.50. The van der Waals surface area contributed by atoms with Gasteiger partial charge in [0.1, 0.15) is 0 Å². The van der Waals surface area contributed by atoms with Crippen molar-refractivity contribution in [3.63, 3.8) is 0 Å². The van der Waals surface area contributed by atoms with Crippen molar-refractivity contribution in [3.05, 3.63) is 23.8 Å². The normalized spacial score (nSPS) is 21.2. The number of alkyl halides is 3. The lowest BCUT2D eigenvalue weighted by Crippen LogP contribution is -2.37. The van der Waals surface area contributed by atoms with Gasteiger partial charge in [0.15, 0.2) is 0 Å². The molecule has 0 saturated carbocycles. The summed E-state index contributed by atoms with van der Waals surface area (Å²) in [5.41, 5.74) is 5.40. The van der Waals surface area contributed by atoms with Crippen LogP contribution in [0, 0.1) is 5.41 Å². The molecule has 2 rings (SSSR count). The van der Waals surface area contributed by atoms with Crippen molar-refractivity contribution in [3.8, 4) is 0 Å². The first-order chi connectivity index (χ1) is 8.94. The quantitative estimate of drug-likeness (QED) is 0.634. The standard InChI is InChI=1S/C14H19BF3NO/c1-12(2)8-15(20-13(12,3)4)10-7-9(14(16,17)18)5-6-11(10)19/h5-7H,8,19H2,1-4H3. The molecule has 0 unspecified atom stereocenters. The topological polar surface area (TPSA) is 35.2 Å².